The van der Waals surface area contributed by atoms with Gasteiger partial charge in [-0.1, -0.05) is 13.0 Å². The van der Waals surface area contributed by atoms with Crippen LogP contribution in [0.3, 0.4) is 0 Å². The molecule has 1 unspecified atom stereocenters. The second-order valence-corrected chi connectivity index (χ2v) is 5.79. The number of thiazole rings is 1. The zero-order valence-electron chi connectivity index (χ0n) is 11.3. The van der Waals surface area contributed by atoms with Crippen molar-refractivity contribution in [1.82, 2.24) is 14.5 Å². The molecule has 0 spiro atoms. The molecule has 6 heteroatoms. The lowest BCUT2D eigenvalue weighted by Gasteiger charge is -2.13. The minimum Gasteiger partial charge on any atom is -0.369 e. The van der Waals surface area contributed by atoms with Crippen LogP contribution in [-0.2, 0) is 6.42 Å². The van der Waals surface area contributed by atoms with Gasteiger partial charge in [-0.2, -0.15) is 0 Å². The molecule has 2 heterocycles. The molecule has 3 aromatic rings. The first kappa shape index (κ1) is 13.1. The molecule has 20 heavy (non-hydrogen) atoms. The maximum Gasteiger partial charge on any atom is 0.201 e. The smallest absolute Gasteiger partial charge is 0.201 e. The lowest BCUT2D eigenvalue weighted by molar-refractivity contribution is 0.636. The minimum absolute atomic E-state index is 0.0629. The largest absolute Gasteiger partial charge is 0.369 e. The summed E-state index contributed by atoms with van der Waals surface area (Å²) in [5.74, 6) is -0.0422. The summed E-state index contributed by atoms with van der Waals surface area (Å²) in [6.45, 7) is 4.10. The minimum atomic E-state index is -0.353. The number of nitrogens with zero attached hydrogens (tertiary/aromatic N) is 3. The van der Waals surface area contributed by atoms with E-state index in [4.69, 9.17) is 5.73 Å². The summed E-state index contributed by atoms with van der Waals surface area (Å²) in [7, 11) is 0. The van der Waals surface area contributed by atoms with Crippen molar-refractivity contribution < 1.29 is 4.39 Å². The standard InChI is InChI=1S/C14H15FN4S/c1-3-9-7-17-13(20-9)8(2)19-11-6-4-5-10(15)12(11)18-14(19)16/h4-8H,3H2,1-2H3,(H2,16,18). The molecule has 0 saturated heterocycles. The molecular weight excluding hydrogens is 275 g/mol. The number of nitrogens with two attached hydrogens (primary N) is 1. The van der Waals surface area contributed by atoms with Crippen LogP contribution in [0.25, 0.3) is 11.0 Å². The van der Waals surface area contributed by atoms with E-state index in [-0.39, 0.29) is 11.9 Å². The van der Waals surface area contributed by atoms with Crippen LogP contribution in [0, 0.1) is 5.82 Å². The number of aromatic nitrogens is 3. The Balaban J connectivity index is 2.13. The second kappa shape index (κ2) is 4.86. The fourth-order valence-electron chi connectivity index (χ4n) is 2.30. The highest BCUT2D eigenvalue weighted by molar-refractivity contribution is 7.11. The average molecular weight is 290 g/mol. The number of hydrogen-bond donors (Lipinski definition) is 1. The van der Waals surface area contributed by atoms with Crippen molar-refractivity contribution in [1.29, 1.82) is 0 Å². The van der Waals surface area contributed by atoms with Gasteiger partial charge in [-0.05, 0) is 25.5 Å². The van der Waals surface area contributed by atoms with Crippen LogP contribution in [0.4, 0.5) is 10.3 Å². The van der Waals surface area contributed by atoms with Crippen molar-refractivity contribution in [2.45, 2.75) is 26.3 Å². The van der Waals surface area contributed by atoms with Crippen LogP contribution in [0.1, 0.15) is 29.8 Å². The number of anilines is 1. The van der Waals surface area contributed by atoms with Gasteiger partial charge in [0.1, 0.15) is 10.5 Å². The maximum absolute atomic E-state index is 13.8. The van der Waals surface area contributed by atoms with Gasteiger partial charge in [0.2, 0.25) is 5.95 Å². The van der Waals surface area contributed by atoms with Gasteiger partial charge >= 0.3 is 0 Å². The lowest BCUT2D eigenvalue weighted by atomic mass is 10.2. The van der Waals surface area contributed by atoms with Gasteiger partial charge in [0.05, 0.1) is 11.6 Å². The Morgan fingerprint density at radius 3 is 2.95 bits per heavy atom. The molecule has 0 amide bonds. The number of fused-ring (bicyclic) bond motifs is 1. The first-order valence-corrected chi connectivity index (χ1v) is 7.30. The molecule has 0 bridgehead atoms. The fourth-order valence-corrected chi connectivity index (χ4v) is 3.20. The summed E-state index contributed by atoms with van der Waals surface area (Å²) in [4.78, 5) is 9.79. The van der Waals surface area contributed by atoms with E-state index in [1.165, 1.54) is 10.9 Å². The lowest BCUT2D eigenvalue weighted by Crippen LogP contribution is -2.09. The topological polar surface area (TPSA) is 56.7 Å². The first-order chi connectivity index (χ1) is 9.61. The molecule has 1 atom stereocenters. The van der Waals surface area contributed by atoms with Gasteiger partial charge in [-0.15, -0.1) is 11.3 Å². The van der Waals surface area contributed by atoms with E-state index in [9.17, 15) is 4.39 Å². The monoisotopic (exact) mass is 290 g/mol. The molecule has 0 aliphatic rings. The van der Waals surface area contributed by atoms with Crippen molar-refractivity contribution in [2.75, 3.05) is 5.73 Å². The summed E-state index contributed by atoms with van der Waals surface area (Å²) in [6.07, 6.45) is 2.84. The van der Waals surface area contributed by atoms with E-state index in [0.29, 0.717) is 17.0 Å². The Bertz CT molecular complexity index is 762. The molecule has 0 fully saturated rings. The van der Waals surface area contributed by atoms with Gasteiger partial charge in [-0.3, -0.25) is 0 Å². The Hall–Kier alpha value is -1.95. The Morgan fingerprint density at radius 2 is 2.25 bits per heavy atom. The fraction of sp³-hybridized carbons (Fsp3) is 0.286. The Kier molecular flexibility index (Phi) is 3.17. The summed E-state index contributed by atoms with van der Waals surface area (Å²) in [6, 6.07) is 4.82. The molecule has 0 aliphatic carbocycles. The van der Waals surface area contributed by atoms with E-state index in [1.54, 1.807) is 17.4 Å². The van der Waals surface area contributed by atoms with Gasteiger partial charge in [0, 0.05) is 11.1 Å². The molecule has 0 saturated carbocycles. The molecule has 2 aromatic heterocycles. The molecule has 0 radical (unpaired) electrons. The highest BCUT2D eigenvalue weighted by atomic mass is 32.1. The summed E-state index contributed by atoms with van der Waals surface area (Å²) in [5.41, 5.74) is 6.97. The summed E-state index contributed by atoms with van der Waals surface area (Å²) >= 11 is 1.65. The SMILES string of the molecule is CCc1cnc(C(C)n2c(N)nc3c(F)cccc32)s1. The van der Waals surface area contributed by atoms with E-state index in [1.807, 2.05) is 23.8 Å². The average Bonchev–Trinajstić information content (AvgIpc) is 3.03. The third-order valence-electron chi connectivity index (χ3n) is 3.36. The van der Waals surface area contributed by atoms with Gasteiger partial charge in [-0.25, -0.2) is 14.4 Å². The molecular formula is C14H15FN4S. The van der Waals surface area contributed by atoms with Crippen LogP contribution in [0.15, 0.2) is 24.4 Å². The van der Waals surface area contributed by atoms with Gasteiger partial charge in [0.15, 0.2) is 5.82 Å². The van der Waals surface area contributed by atoms with Gasteiger partial charge < -0.3 is 10.3 Å². The predicted molar refractivity (Wildman–Crippen MR) is 79.4 cm³/mol. The first-order valence-electron chi connectivity index (χ1n) is 6.48. The quantitative estimate of drug-likeness (QED) is 0.804. The summed E-state index contributed by atoms with van der Waals surface area (Å²) in [5, 5.41) is 0.956. The van der Waals surface area contributed by atoms with Crippen molar-refractivity contribution in [3.63, 3.8) is 0 Å². The van der Waals surface area contributed by atoms with E-state index >= 15 is 0 Å². The van der Waals surface area contributed by atoms with Crippen molar-refractivity contribution in [3.8, 4) is 0 Å². The number of halogens is 1. The third kappa shape index (κ3) is 1.96. The molecule has 104 valence electrons. The van der Waals surface area contributed by atoms with Crippen LogP contribution in [-0.4, -0.2) is 14.5 Å². The normalized spacial score (nSPS) is 12.9. The Labute approximate surface area is 120 Å². The number of rotatable bonds is 3. The highest BCUT2D eigenvalue weighted by Crippen LogP contribution is 2.30. The summed E-state index contributed by atoms with van der Waals surface area (Å²) < 4.78 is 15.6. The number of nitrogen functional groups attached to an aromatic ring is 1. The van der Waals surface area contributed by atoms with Gasteiger partial charge in [0.25, 0.3) is 0 Å². The number of aryl methyl sites for hydroxylation is 1. The molecule has 0 aliphatic heterocycles. The van der Waals surface area contributed by atoms with Crippen LogP contribution in [0.2, 0.25) is 0 Å². The highest BCUT2D eigenvalue weighted by Gasteiger charge is 2.19. The number of hydrogen-bond acceptors (Lipinski definition) is 4. The Morgan fingerprint density at radius 1 is 1.45 bits per heavy atom. The van der Waals surface area contributed by atoms with Crippen LogP contribution >= 0.6 is 11.3 Å². The predicted octanol–water partition coefficient (Wildman–Crippen LogP) is 3.39. The van der Waals surface area contributed by atoms with Crippen molar-refractivity contribution >= 4 is 28.3 Å². The maximum atomic E-state index is 13.8. The molecule has 1 aromatic carbocycles. The van der Waals surface area contributed by atoms with E-state index < -0.39 is 0 Å². The zero-order chi connectivity index (χ0) is 14.3. The van der Waals surface area contributed by atoms with E-state index in [0.717, 1.165) is 11.4 Å². The van der Waals surface area contributed by atoms with E-state index in [2.05, 4.69) is 16.9 Å². The third-order valence-corrected chi connectivity index (χ3v) is 4.67. The van der Waals surface area contributed by atoms with Crippen molar-refractivity contribution in [2.24, 2.45) is 0 Å². The molecule has 2 N–H and O–H groups in total. The molecule has 4 nitrogen and oxygen atoms in total. The molecule has 3 rings (SSSR count). The van der Waals surface area contributed by atoms with Crippen molar-refractivity contribution in [3.05, 3.63) is 40.1 Å². The second-order valence-electron chi connectivity index (χ2n) is 4.64. The van der Waals surface area contributed by atoms with Crippen LogP contribution in [0.5, 0.6) is 0 Å². The number of benzene rings is 1. The number of imidazole rings is 1. The van der Waals surface area contributed by atoms with Crippen LogP contribution < -0.4 is 5.73 Å². The number of para-hydroxylation sites is 1. The zero-order valence-corrected chi connectivity index (χ0v) is 12.1.